The van der Waals surface area contributed by atoms with Crippen LogP contribution in [0.3, 0.4) is 0 Å². The Labute approximate surface area is 147 Å². The second-order valence-corrected chi connectivity index (χ2v) is 6.43. The first kappa shape index (κ1) is 16.6. The molecule has 0 amide bonds. The van der Waals surface area contributed by atoms with E-state index < -0.39 is 0 Å². The van der Waals surface area contributed by atoms with Gasteiger partial charge in [0.15, 0.2) is 5.96 Å². The number of nitrogens with two attached hydrogens (primary N) is 1. The Morgan fingerprint density at radius 1 is 1.17 bits per heavy atom. The van der Waals surface area contributed by atoms with E-state index in [9.17, 15) is 0 Å². The van der Waals surface area contributed by atoms with Crippen molar-refractivity contribution in [2.75, 3.05) is 31.1 Å². The zero-order valence-corrected chi connectivity index (χ0v) is 14.6. The van der Waals surface area contributed by atoms with E-state index in [1.807, 2.05) is 31.5 Å². The van der Waals surface area contributed by atoms with Gasteiger partial charge in [-0.15, -0.1) is 0 Å². The molecule has 0 spiro atoms. The summed E-state index contributed by atoms with van der Waals surface area (Å²) in [5.74, 6) is 0.604. The van der Waals surface area contributed by atoms with Gasteiger partial charge in [0, 0.05) is 49.3 Å². The van der Waals surface area contributed by atoms with Crippen molar-refractivity contribution in [2.45, 2.75) is 13.5 Å². The number of halogens is 1. The van der Waals surface area contributed by atoms with Gasteiger partial charge in [-0.05, 0) is 42.3 Å². The molecule has 2 heterocycles. The van der Waals surface area contributed by atoms with Crippen molar-refractivity contribution in [3.8, 4) is 0 Å². The molecule has 1 aromatic heterocycles. The topological polar surface area (TPSA) is 57.8 Å². The maximum Gasteiger partial charge on any atom is 0.191 e. The quantitative estimate of drug-likeness (QED) is 0.687. The van der Waals surface area contributed by atoms with Crippen LogP contribution in [0.4, 0.5) is 5.69 Å². The first-order valence-electron chi connectivity index (χ1n) is 8.08. The molecule has 1 fully saturated rings. The Balaban J connectivity index is 1.55. The van der Waals surface area contributed by atoms with Crippen LogP contribution < -0.4 is 10.6 Å². The molecule has 5 nitrogen and oxygen atoms in total. The number of hydrogen-bond acceptors (Lipinski definition) is 3. The lowest BCUT2D eigenvalue weighted by atomic mass is 10.2. The molecule has 1 aliphatic rings. The highest BCUT2D eigenvalue weighted by molar-refractivity contribution is 6.30. The normalized spacial score (nSPS) is 15.7. The molecule has 0 saturated carbocycles. The summed E-state index contributed by atoms with van der Waals surface area (Å²) in [6.07, 6.45) is 3.68. The van der Waals surface area contributed by atoms with Gasteiger partial charge in [0.05, 0.1) is 6.54 Å². The summed E-state index contributed by atoms with van der Waals surface area (Å²) in [5.41, 5.74) is 9.57. The van der Waals surface area contributed by atoms with Crippen LogP contribution >= 0.6 is 11.6 Å². The van der Waals surface area contributed by atoms with Crippen molar-refractivity contribution in [1.29, 1.82) is 0 Å². The van der Waals surface area contributed by atoms with Gasteiger partial charge in [0.25, 0.3) is 0 Å². The molecule has 0 radical (unpaired) electrons. The van der Waals surface area contributed by atoms with Crippen LogP contribution in [0.5, 0.6) is 0 Å². The Kier molecular flexibility index (Phi) is 5.20. The molecule has 1 aliphatic heterocycles. The van der Waals surface area contributed by atoms with E-state index in [4.69, 9.17) is 17.3 Å². The number of aromatic nitrogens is 1. The van der Waals surface area contributed by atoms with Crippen LogP contribution in [-0.2, 0) is 6.54 Å². The molecule has 2 N–H and O–H groups in total. The zero-order chi connectivity index (χ0) is 16.9. The average Bonchev–Trinajstić information content (AvgIpc) is 2.61. The van der Waals surface area contributed by atoms with Crippen LogP contribution in [0.2, 0.25) is 5.02 Å². The molecule has 0 aliphatic carbocycles. The van der Waals surface area contributed by atoms with E-state index in [0.717, 1.165) is 42.3 Å². The maximum atomic E-state index is 6.16. The first-order chi connectivity index (χ1) is 11.6. The standard InChI is InChI=1S/C18H22ClN5/c1-14-10-15(12-21-11-14)13-22-18(20)24-8-6-23(7-9-24)17-4-2-16(19)3-5-17/h2-5,10-12H,6-9,13H2,1H3,(H2,20,22). The van der Waals surface area contributed by atoms with Gasteiger partial charge in [-0.2, -0.15) is 0 Å². The molecule has 0 atom stereocenters. The monoisotopic (exact) mass is 343 g/mol. The number of anilines is 1. The molecular weight excluding hydrogens is 322 g/mol. The van der Waals surface area contributed by atoms with E-state index in [1.165, 1.54) is 5.69 Å². The Morgan fingerprint density at radius 3 is 2.54 bits per heavy atom. The van der Waals surface area contributed by atoms with Crippen molar-refractivity contribution in [2.24, 2.45) is 10.7 Å². The number of piperazine rings is 1. The second-order valence-electron chi connectivity index (χ2n) is 6.00. The lowest BCUT2D eigenvalue weighted by molar-refractivity contribution is 0.380. The first-order valence-corrected chi connectivity index (χ1v) is 8.45. The van der Waals surface area contributed by atoms with Crippen molar-refractivity contribution in [3.05, 3.63) is 58.9 Å². The molecule has 0 unspecified atom stereocenters. The summed E-state index contributed by atoms with van der Waals surface area (Å²) in [6.45, 7) is 6.17. The summed E-state index contributed by atoms with van der Waals surface area (Å²) in [4.78, 5) is 13.2. The van der Waals surface area contributed by atoms with Crippen LogP contribution in [0.1, 0.15) is 11.1 Å². The number of pyridine rings is 1. The molecule has 0 bridgehead atoms. The molecule has 2 aromatic rings. The second kappa shape index (κ2) is 7.53. The summed E-state index contributed by atoms with van der Waals surface area (Å²) in [6, 6.07) is 10.0. The predicted molar refractivity (Wildman–Crippen MR) is 99.5 cm³/mol. The van der Waals surface area contributed by atoms with Gasteiger partial charge in [0.1, 0.15) is 0 Å². The minimum Gasteiger partial charge on any atom is -0.370 e. The molecule has 3 rings (SSSR count). The Hall–Kier alpha value is -2.27. The number of guanidine groups is 1. The lowest BCUT2D eigenvalue weighted by Gasteiger charge is -2.36. The number of hydrogen-bond donors (Lipinski definition) is 1. The van der Waals surface area contributed by atoms with E-state index in [2.05, 4.69) is 38.0 Å². The van der Waals surface area contributed by atoms with Gasteiger partial charge >= 0.3 is 0 Å². The van der Waals surface area contributed by atoms with Crippen LogP contribution in [0, 0.1) is 6.92 Å². The highest BCUT2D eigenvalue weighted by Crippen LogP contribution is 2.19. The van der Waals surface area contributed by atoms with Gasteiger partial charge < -0.3 is 15.5 Å². The van der Waals surface area contributed by atoms with Crippen LogP contribution in [-0.4, -0.2) is 42.0 Å². The SMILES string of the molecule is Cc1cncc(CN=C(N)N2CCN(c3ccc(Cl)cc3)CC2)c1. The third kappa shape index (κ3) is 4.17. The predicted octanol–water partition coefficient (Wildman–Crippen LogP) is 2.68. The summed E-state index contributed by atoms with van der Waals surface area (Å²) in [7, 11) is 0. The summed E-state index contributed by atoms with van der Waals surface area (Å²) >= 11 is 5.95. The number of aryl methyl sites for hydroxylation is 1. The Bertz CT molecular complexity index is 706. The zero-order valence-electron chi connectivity index (χ0n) is 13.8. The van der Waals surface area contributed by atoms with E-state index in [1.54, 1.807) is 0 Å². The van der Waals surface area contributed by atoms with Gasteiger partial charge in [-0.25, -0.2) is 4.99 Å². The summed E-state index contributed by atoms with van der Waals surface area (Å²) < 4.78 is 0. The average molecular weight is 344 g/mol. The number of aliphatic imine (C=N–C) groups is 1. The highest BCUT2D eigenvalue weighted by atomic mass is 35.5. The fraction of sp³-hybridized carbons (Fsp3) is 0.333. The minimum atomic E-state index is 0.567. The van der Waals surface area contributed by atoms with E-state index >= 15 is 0 Å². The third-order valence-corrected chi connectivity index (χ3v) is 4.40. The van der Waals surface area contributed by atoms with Gasteiger partial charge in [0.2, 0.25) is 0 Å². The van der Waals surface area contributed by atoms with Crippen molar-refractivity contribution < 1.29 is 0 Å². The van der Waals surface area contributed by atoms with E-state index in [-0.39, 0.29) is 0 Å². The number of benzene rings is 1. The fourth-order valence-corrected chi connectivity index (χ4v) is 2.95. The maximum absolute atomic E-state index is 6.16. The molecule has 1 saturated heterocycles. The highest BCUT2D eigenvalue weighted by Gasteiger charge is 2.18. The summed E-state index contributed by atoms with van der Waals surface area (Å²) in [5, 5.41) is 0.763. The lowest BCUT2D eigenvalue weighted by Crippen LogP contribution is -2.51. The molecule has 6 heteroatoms. The number of nitrogens with zero attached hydrogens (tertiary/aromatic N) is 4. The molecular formula is C18H22ClN5. The number of rotatable bonds is 3. The third-order valence-electron chi connectivity index (χ3n) is 4.15. The van der Waals surface area contributed by atoms with Crippen LogP contribution in [0.15, 0.2) is 47.7 Å². The van der Waals surface area contributed by atoms with Crippen molar-refractivity contribution >= 4 is 23.2 Å². The fourth-order valence-electron chi connectivity index (χ4n) is 2.82. The van der Waals surface area contributed by atoms with Crippen LogP contribution in [0.25, 0.3) is 0 Å². The largest absolute Gasteiger partial charge is 0.370 e. The smallest absolute Gasteiger partial charge is 0.191 e. The van der Waals surface area contributed by atoms with Crippen molar-refractivity contribution in [1.82, 2.24) is 9.88 Å². The Morgan fingerprint density at radius 2 is 1.88 bits per heavy atom. The minimum absolute atomic E-state index is 0.567. The molecule has 126 valence electrons. The molecule has 24 heavy (non-hydrogen) atoms. The van der Waals surface area contributed by atoms with Gasteiger partial charge in [-0.3, -0.25) is 4.98 Å². The van der Waals surface area contributed by atoms with Gasteiger partial charge in [-0.1, -0.05) is 17.7 Å². The van der Waals surface area contributed by atoms with E-state index in [0.29, 0.717) is 12.5 Å². The molecule has 1 aromatic carbocycles. The van der Waals surface area contributed by atoms with Crippen molar-refractivity contribution in [3.63, 3.8) is 0 Å².